The van der Waals surface area contributed by atoms with Crippen molar-refractivity contribution in [3.05, 3.63) is 44.7 Å². The number of carbonyl (C=O) groups is 1. The predicted molar refractivity (Wildman–Crippen MR) is 85.6 cm³/mol. The van der Waals surface area contributed by atoms with E-state index in [1.54, 1.807) is 18.2 Å². The molecular weight excluding hydrogens is 402 g/mol. The maximum atomic E-state index is 12.2. The lowest BCUT2D eigenvalue weighted by Crippen LogP contribution is -2.11. The highest BCUT2D eigenvalue weighted by atomic mass is 79.9. The number of rotatable bonds is 5. The van der Waals surface area contributed by atoms with Crippen LogP contribution in [-0.2, 0) is 21.2 Å². The van der Waals surface area contributed by atoms with Crippen LogP contribution >= 0.6 is 38.9 Å². The van der Waals surface area contributed by atoms with Gasteiger partial charge in [0, 0.05) is 5.69 Å². The maximum Gasteiger partial charge on any atom is 0.307 e. The third-order valence-corrected chi connectivity index (χ3v) is 6.75. The van der Waals surface area contributed by atoms with Gasteiger partial charge in [-0.1, -0.05) is 23.7 Å². The van der Waals surface area contributed by atoms with Crippen molar-refractivity contribution < 1.29 is 18.3 Å². The largest absolute Gasteiger partial charge is 0.481 e. The van der Waals surface area contributed by atoms with E-state index in [-0.39, 0.29) is 10.6 Å². The first-order valence-corrected chi connectivity index (χ1v) is 9.03. The minimum atomic E-state index is -3.75. The van der Waals surface area contributed by atoms with Crippen LogP contribution in [0.25, 0.3) is 0 Å². The second-order valence-electron chi connectivity index (χ2n) is 4.06. The molecule has 0 atom stereocenters. The fourth-order valence-corrected chi connectivity index (χ4v) is 5.03. The molecule has 1 aromatic heterocycles. The number of carboxylic acid groups (broad SMARTS) is 1. The van der Waals surface area contributed by atoms with Crippen molar-refractivity contribution >= 4 is 60.5 Å². The molecule has 0 spiro atoms. The third-order valence-electron chi connectivity index (χ3n) is 2.42. The zero-order chi connectivity index (χ0) is 15.6. The fourth-order valence-electron chi connectivity index (χ4n) is 1.58. The monoisotopic (exact) mass is 409 g/mol. The Morgan fingerprint density at radius 3 is 2.67 bits per heavy atom. The molecule has 9 heteroatoms. The van der Waals surface area contributed by atoms with E-state index in [0.717, 1.165) is 11.3 Å². The smallest absolute Gasteiger partial charge is 0.307 e. The summed E-state index contributed by atoms with van der Waals surface area (Å²) >= 11 is 9.98. The normalized spacial score (nSPS) is 11.3. The average Bonchev–Trinajstić information content (AvgIpc) is 2.69. The van der Waals surface area contributed by atoms with Crippen molar-refractivity contribution in [3.63, 3.8) is 0 Å². The lowest BCUT2D eigenvalue weighted by Gasteiger charge is -2.07. The van der Waals surface area contributed by atoms with Crippen molar-refractivity contribution in [1.82, 2.24) is 0 Å². The average molecular weight is 411 g/mol. The van der Waals surface area contributed by atoms with E-state index >= 15 is 0 Å². The molecule has 0 aliphatic carbocycles. The second kappa shape index (κ2) is 6.35. The van der Waals surface area contributed by atoms with E-state index in [1.165, 1.54) is 12.1 Å². The third kappa shape index (κ3) is 4.19. The van der Waals surface area contributed by atoms with Gasteiger partial charge in [-0.05, 0) is 39.7 Å². The minimum Gasteiger partial charge on any atom is -0.481 e. The van der Waals surface area contributed by atoms with E-state index in [9.17, 15) is 13.2 Å². The number of nitrogens with one attached hydrogen (secondary N) is 1. The predicted octanol–water partition coefficient (Wildman–Crippen LogP) is 3.59. The fraction of sp³-hybridized carbons (Fsp3) is 0.0833. The van der Waals surface area contributed by atoms with Crippen LogP contribution in [0.15, 0.2) is 38.3 Å². The molecule has 5 nitrogen and oxygen atoms in total. The van der Waals surface area contributed by atoms with Crippen molar-refractivity contribution in [1.29, 1.82) is 0 Å². The molecule has 0 aliphatic rings. The van der Waals surface area contributed by atoms with Crippen molar-refractivity contribution in [3.8, 4) is 0 Å². The number of halogens is 2. The highest BCUT2D eigenvalue weighted by Crippen LogP contribution is 2.35. The molecule has 112 valence electrons. The Kier molecular flexibility index (Phi) is 4.92. The molecule has 0 bridgehead atoms. The number of sulfonamides is 1. The molecule has 0 amide bonds. The number of anilines is 1. The van der Waals surface area contributed by atoms with Gasteiger partial charge in [0.15, 0.2) is 0 Å². The Morgan fingerprint density at radius 1 is 1.38 bits per heavy atom. The van der Waals surface area contributed by atoms with Crippen molar-refractivity contribution in [2.75, 3.05) is 4.72 Å². The summed E-state index contributed by atoms with van der Waals surface area (Å²) in [6.45, 7) is 0. The summed E-state index contributed by atoms with van der Waals surface area (Å²) in [6, 6.07) is 7.58. The van der Waals surface area contributed by atoms with Crippen LogP contribution < -0.4 is 4.72 Å². The van der Waals surface area contributed by atoms with Crippen LogP contribution in [-0.4, -0.2) is 19.5 Å². The topological polar surface area (TPSA) is 83.5 Å². The highest BCUT2D eigenvalue weighted by molar-refractivity contribution is 9.11. The lowest BCUT2D eigenvalue weighted by atomic mass is 10.1. The van der Waals surface area contributed by atoms with Crippen molar-refractivity contribution in [2.24, 2.45) is 0 Å². The zero-order valence-corrected chi connectivity index (χ0v) is 14.3. The molecule has 1 aromatic carbocycles. The molecule has 0 saturated heterocycles. The van der Waals surface area contributed by atoms with Gasteiger partial charge in [-0.2, -0.15) is 0 Å². The molecule has 0 aliphatic heterocycles. The van der Waals surface area contributed by atoms with Crippen LogP contribution in [0, 0.1) is 0 Å². The first-order valence-electron chi connectivity index (χ1n) is 5.56. The summed E-state index contributed by atoms with van der Waals surface area (Å²) in [5, 5.41) is 9.06. The van der Waals surface area contributed by atoms with E-state index in [1.807, 2.05) is 0 Å². The number of carboxylic acids is 1. The molecule has 0 radical (unpaired) electrons. The SMILES string of the molecule is O=C(O)Cc1cccc(NS(=O)(=O)c2cc(Cl)c(Br)s2)c1. The van der Waals surface area contributed by atoms with E-state index in [0.29, 0.717) is 20.1 Å². The Balaban J connectivity index is 2.26. The summed E-state index contributed by atoms with van der Waals surface area (Å²) in [5.74, 6) is -0.982. The van der Waals surface area contributed by atoms with Crippen LogP contribution in [0.5, 0.6) is 0 Å². The van der Waals surface area contributed by atoms with Gasteiger partial charge >= 0.3 is 5.97 Å². The molecule has 0 fully saturated rings. The Labute approximate surface area is 138 Å². The van der Waals surface area contributed by atoms with Gasteiger partial charge < -0.3 is 5.11 Å². The Bertz CT molecular complexity index is 769. The lowest BCUT2D eigenvalue weighted by molar-refractivity contribution is -0.136. The van der Waals surface area contributed by atoms with Crippen molar-refractivity contribution in [2.45, 2.75) is 10.6 Å². The number of aliphatic carboxylic acids is 1. The Hall–Kier alpha value is -1.09. The molecule has 1 heterocycles. The van der Waals surface area contributed by atoms with Crippen LogP contribution in [0.2, 0.25) is 5.02 Å². The Morgan fingerprint density at radius 2 is 2.10 bits per heavy atom. The van der Waals surface area contributed by atoms with E-state index < -0.39 is 16.0 Å². The minimum absolute atomic E-state index is 0.0722. The summed E-state index contributed by atoms with van der Waals surface area (Å²) in [6.07, 6.45) is -0.175. The summed E-state index contributed by atoms with van der Waals surface area (Å²) in [7, 11) is -3.75. The van der Waals surface area contributed by atoms with E-state index in [4.69, 9.17) is 16.7 Å². The van der Waals surface area contributed by atoms with Gasteiger partial charge in [-0.25, -0.2) is 8.42 Å². The molecule has 2 rings (SSSR count). The number of benzene rings is 1. The van der Waals surface area contributed by atoms with Gasteiger partial charge in [-0.3, -0.25) is 9.52 Å². The van der Waals surface area contributed by atoms with Gasteiger partial charge in [0.1, 0.15) is 4.21 Å². The van der Waals surface area contributed by atoms with Gasteiger partial charge in [0.05, 0.1) is 15.2 Å². The zero-order valence-electron chi connectivity index (χ0n) is 10.3. The highest BCUT2D eigenvalue weighted by Gasteiger charge is 2.19. The van der Waals surface area contributed by atoms with Gasteiger partial charge in [-0.15, -0.1) is 11.3 Å². The summed E-state index contributed by atoms with van der Waals surface area (Å²) in [5.41, 5.74) is 0.808. The molecule has 2 aromatic rings. The van der Waals surface area contributed by atoms with Crippen LogP contribution in [0.4, 0.5) is 5.69 Å². The van der Waals surface area contributed by atoms with Crippen LogP contribution in [0.3, 0.4) is 0 Å². The quantitative estimate of drug-likeness (QED) is 0.789. The molecule has 0 unspecified atom stereocenters. The summed E-state index contributed by atoms with van der Waals surface area (Å²) in [4.78, 5) is 10.7. The molecular formula is C12H9BrClNO4S2. The number of thiophene rings is 1. The molecule has 2 N–H and O–H groups in total. The van der Waals surface area contributed by atoms with Gasteiger partial charge in [0.25, 0.3) is 10.0 Å². The standard InChI is InChI=1S/C12H9BrClNO4S2/c13-12-9(14)6-11(20-12)21(18,19)15-8-3-1-2-7(4-8)5-10(16)17/h1-4,6,15H,5H2,(H,16,17). The number of hydrogen-bond acceptors (Lipinski definition) is 4. The van der Waals surface area contributed by atoms with E-state index in [2.05, 4.69) is 20.7 Å². The van der Waals surface area contributed by atoms with Crippen LogP contribution in [0.1, 0.15) is 5.56 Å². The first-order chi connectivity index (χ1) is 9.78. The molecule has 21 heavy (non-hydrogen) atoms. The molecule has 0 saturated carbocycles. The second-order valence-corrected chi connectivity index (χ2v) is 8.75. The first kappa shape index (κ1) is 16.3. The maximum absolute atomic E-state index is 12.2. The van der Waals surface area contributed by atoms with Gasteiger partial charge in [0.2, 0.25) is 0 Å². The summed E-state index contributed by atoms with van der Waals surface area (Å²) < 4.78 is 27.4. The number of hydrogen-bond donors (Lipinski definition) is 2.